The summed E-state index contributed by atoms with van der Waals surface area (Å²) in [5.41, 5.74) is 1.95. The monoisotopic (exact) mass is 381 g/mol. The maximum Gasteiger partial charge on any atom is 0.244 e. The van der Waals surface area contributed by atoms with Gasteiger partial charge in [0.15, 0.2) is 5.78 Å². The van der Waals surface area contributed by atoms with Crippen molar-refractivity contribution in [1.82, 2.24) is 5.32 Å². The Kier molecular flexibility index (Phi) is 4.03. The lowest BCUT2D eigenvalue weighted by atomic mass is 9.46. The molecule has 3 nitrogen and oxygen atoms in total. The molecule has 4 aliphatic carbocycles. The predicted molar refractivity (Wildman–Crippen MR) is 111 cm³/mol. The van der Waals surface area contributed by atoms with Gasteiger partial charge in [-0.2, -0.15) is 0 Å². The molecule has 0 bridgehead atoms. The summed E-state index contributed by atoms with van der Waals surface area (Å²) in [4.78, 5) is 24.1. The van der Waals surface area contributed by atoms with E-state index in [1.807, 2.05) is 6.08 Å². The Morgan fingerprint density at radius 3 is 2.57 bits per heavy atom. The lowest BCUT2D eigenvalue weighted by Crippen LogP contribution is -2.58. The first-order valence-electron chi connectivity index (χ1n) is 11.5. The van der Waals surface area contributed by atoms with Gasteiger partial charge < -0.3 is 5.32 Å². The minimum atomic E-state index is -0.0942. The van der Waals surface area contributed by atoms with Crippen LogP contribution in [0, 0.1) is 34.5 Å². The smallest absolute Gasteiger partial charge is 0.244 e. The van der Waals surface area contributed by atoms with Gasteiger partial charge in [0.2, 0.25) is 5.91 Å². The molecular formula is C25H35NO2. The van der Waals surface area contributed by atoms with Crippen molar-refractivity contribution < 1.29 is 9.59 Å². The SMILES string of the molecule is C[C@]12CC[C@H]3[C@@H](CCC4=CC(=O)CC[C@@]43C)[C@@H]1CC[C@@H]2[C@]1(C)CC=CC(=O)N1. The Morgan fingerprint density at radius 1 is 0.964 bits per heavy atom. The molecule has 3 fully saturated rings. The highest BCUT2D eigenvalue weighted by atomic mass is 16.1. The van der Waals surface area contributed by atoms with Crippen molar-refractivity contribution in [2.45, 2.75) is 84.1 Å². The van der Waals surface area contributed by atoms with Gasteiger partial charge in [0.25, 0.3) is 0 Å². The van der Waals surface area contributed by atoms with E-state index in [-0.39, 0.29) is 16.9 Å². The minimum Gasteiger partial charge on any atom is -0.347 e. The maximum atomic E-state index is 12.1. The summed E-state index contributed by atoms with van der Waals surface area (Å²) in [5.74, 6) is 3.30. The first-order chi connectivity index (χ1) is 13.3. The van der Waals surface area contributed by atoms with Gasteiger partial charge in [-0.15, -0.1) is 0 Å². The molecular weight excluding hydrogens is 346 g/mol. The zero-order valence-electron chi connectivity index (χ0n) is 17.7. The number of carbonyl (C=O) groups excluding carboxylic acids is 2. The van der Waals surface area contributed by atoms with Crippen LogP contribution in [-0.2, 0) is 9.59 Å². The molecule has 7 atom stereocenters. The van der Waals surface area contributed by atoms with Crippen molar-refractivity contribution >= 4 is 11.7 Å². The van der Waals surface area contributed by atoms with Crippen LogP contribution in [0.2, 0.25) is 0 Å². The van der Waals surface area contributed by atoms with Gasteiger partial charge in [0.05, 0.1) is 0 Å². The Balaban J connectivity index is 1.45. The number of amides is 1. The Hall–Kier alpha value is -1.38. The third-order valence-electron chi connectivity index (χ3n) is 9.95. The van der Waals surface area contributed by atoms with Crippen LogP contribution in [0.25, 0.3) is 0 Å². The van der Waals surface area contributed by atoms with Crippen molar-refractivity contribution in [1.29, 1.82) is 0 Å². The van der Waals surface area contributed by atoms with Crippen LogP contribution in [0.4, 0.5) is 0 Å². The summed E-state index contributed by atoms with van der Waals surface area (Å²) in [6.45, 7) is 7.29. The number of carbonyl (C=O) groups is 2. The van der Waals surface area contributed by atoms with E-state index in [2.05, 4.69) is 32.2 Å². The molecule has 1 amide bonds. The molecule has 1 heterocycles. The molecule has 1 aliphatic heterocycles. The highest BCUT2D eigenvalue weighted by Crippen LogP contribution is 2.68. The van der Waals surface area contributed by atoms with E-state index in [0.29, 0.717) is 17.1 Å². The van der Waals surface area contributed by atoms with E-state index >= 15 is 0 Å². The molecule has 28 heavy (non-hydrogen) atoms. The summed E-state index contributed by atoms with van der Waals surface area (Å²) >= 11 is 0. The topological polar surface area (TPSA) is 46.2 Å². The zero-order valence-corrected chi connectivity index (χ0v) is 17.7. The van der Waals surface area contributed by atoms with Crippen LogP contribution in [0.15, 0.2) is 23.8 Å². The van der Waals surface area contributed by atoms with Crippen LogP contribution in [0.3, 0.4) is 0 Å². The highest BCUT2D eigenvalue weighted by Gasteiger charge is 2.61. The largest absolute Gasteiger partial charge is 0.347 e. The summed E-state index contributed by atoms with van der Waals surface area (Å²) < 4.78 is 0. The molecule has 152 valence electrons. The number of hydrogen-bond donors (Lipinski definition) is 1. The van der Waals surface area contributed by atoms with Crippen molar-refractivity contribution in [2.75, 3.05) is 0 Å². The molecule has 0 unspecified atom stereocenters. The lowest BCUT2D eigenvalue weighted by Gasteiger charge is -2.59. The predicted octanol–water partition coefficient (Wildman–Crippen LogP) is 4.97. The maximum absolute atomic E-state index is 12.1. The van der Waals surface area contributed by atoms with Crippen LogP contribution in [0.5, 0.6) is 0 Å². The van der Waals surface area contributed by atoms with Gasteiger partial charge in [-0.3, -0.25) is 9.59 Å². The normalized spacial score (nSPS) is 50.3. The molecule has 5 rings (SSSR count). The van der Waals surface area contributed by atoms with Gasteiger partial charge in [-0.1, -0.05) is 25.5 Å². The minimum absolute atomic E-state index is 0.0846. The van der Waals surface area contributed by atoms with Gasteiger partial charge in [0, 0.05) is 12.0 Å². The average molecular weight is 382 g/mol. The number of allylic oxidation sites excluding steroid dienone is 1. The average Bonchev–Trinajstić information content (AvgIpc) is 3.00. The van der Waals surface area contributed by atoms with E-state index in [0.717, 1.165) is 43.4 Å². The fraction of sp³-hybridized carbons (Fsp3) is 0.760. The molecule has 0 saturated heterocycles. The van der Waals surface area contributed by atoms with E-state index in [4.69, 9.17) is 0 Å². The first kappa shape index (κ1) is 18.6. The zero-order chi connectivity index (χ0) is 19.7. The molecule has 1 N–H and O–H groups in total. The second-order valence-corrected chi connectivity index (χ2v) is 11.2. The van der Waals surface area contributed by atoms with Crippen LogP contribution in [-0.4, -0.2) is 17.2 Å². The third-order valence-corrected chi connectivity index (χ3v) is 9.95. The molecule has 5 aliphatic rings. The number of ketones is 1. The number of nitrogens with one attached hydrogen (secondary N) is 1. The number of hydrogen-bond acceptors (Lipinski definition) is 2. The third kappa shape index (κ3) is 2.47. The van der Waals surface area contributed by atoms with Gasteiger partial charge in [-0.25, -0.2) is 0 Å². The second-order valence-electron chi connectivity index (χ2n) is 11.2. The Morgan fingerprint density at radius 2 is 1.79 bits per heavy atom. The highest BCUT2D eigenvalue weighted by molar-refractivity contribution is 5.91. The van der Waals surface area contributed by atoms with Gasteiger partial charge >= 0.3 is 0 Å². The van der Waals surface area contributed by atoms with Crippen LogP contribution < -0.4 is 5.32 Å². The summed E-state index contributed by atoms with van der Waals surface area (Å²) in [6, 6.07) is 0. The number of fused-ring (bicyclic) bond motifs is 5. The van der Waals surface area contributed by atoms with Crippen molar-refractivity contribution in [3.63, 3.8) is 0 Å². The van der Waals surface area contributed by atoms with Crippen molar-refractivity contribution in [2.24, 2.45) is 34.5 Å². The summed E-state index contributed by atoms with van der Waals surface area (Å²) in [5, 5.41) is 3.35. The van der Waals surface area contributed by atoms with Crippen molar-refractivity contribution in [3.05, 3.63) is 23.8 Å². The first-order valence-corrected chi connectivity index (χ1v) is 11.5. The van der Waals surface area contributed by atoms with E-state index in [1.165, 1.54) is 37.7 Å². The summed E-state index contributed by atoms with van der Waals surface area (Å²) in [7, 11) is 0. The van der Waals surface area contributed by atoms with Gasteiger partial charge in [0.1, 0.15) is 0 Å². The van der Waals surface area contributed by atoms with E-state index < -0.39 is 0 Å². The molecule has 3 saturated carbocycles. The van der Waals surface area contributed by atoms with Crippen LogP contribution >= 0.6 is 0 Å². The van der Waals surface area contributed by atoms with Crippen molar-refractivity contribution in [3.8, 4) is 0 Å². The fourth-order valence-electron chi connectivity index (χ4n) is 8.62. The van der Waals surface area contributed by atoms with E-state index in [9.17, 15) is 9.59 Å². The second kappa shape index (κ2) is 6.06. The van der Waals surface area contributed by atoms with Gasteiger partial charge in [-0.05, 0) is 105 Å². The molecule has 0 aromatic carbocycles. The quantitative estimate of drug-likeness (QED) is 0.697. The lowest BCUT2D eigenvalue weighted by molar-refractivity contribution is -0.122. The fourth-order valence-corrected chi connectivity index (χ4v) is 8.62. The molecule has 3 heteroatoms. The number of rotatable bonds is 1. The Bertz CT molecular complexity index is 781. The molecule has 0 spiro atoms. The standard InChI is InChI=1S/C25H35NO2/c1-23-13-10-17(27)15-16(23)6-7-18-19-8-9-21(24(19,2)14-11-20(18)23)25(3)12-4-5-22(28)26-25/h4-5,15,18-21H,6-14H2,1-3H3,(H,26,28)/t18-,19-,20-,21-,23-,24-,25-/m0/s1. The Labute approximate surface area is 169 Å². The summed E-state index contributed by atoms with van der Waals surface area (Å²) in [6.07, 6.45) is 16.1. The van der Waals surface area contributed by atoms with E-state index in [1.54, 1.807) is 6.08 Å². The molecule has 0 aromatic rings. The van der Waals surface area contributed by atoms with Crippen LogP contribution in [0.1, 0.15) is 78.6 Å². The molecule has 0 aromatic heterocycles. The molecule has 0 radical (unpaired) electrons.